The van der Waals surface area contributed by atoms with Gasteiger partial charge in [0.05, 0.1) is 18.8 Å². The summed E-state index contributed by atoms with van der Waals surface area (Å²) in [5, 5.41) is 0. The van der Waals surface area contributed by atoms with E-state index in [2.05, 4.69) is 37.1 Å². The number of thioether (sulfide) groups is 1. The Balaban J connectivity index is 2.34. The fraction of sp³-hybridized carbons (Fsp3) is 0.632. The van der Waals surface area contributed by atoms with Gasteiger partial charge in [0, 0.05) is 23.5 Å². The van der Waals surface area contributed by atoms with Crippen LogP contribution in [-0.4, -0.2) is 48.8 Å². The third kappa shape index (κ3) is 4.17. The predicted molar refractivity (Wildman–Crippen MR) is 97.5 cm³/mol. The maximum Gasteiger partial charge on any atom is 0.183 e. The maximum absolute atomic E-state index is 13.5. The van der Waals surface area contributed by atoms with Crippen LogP contribution in [-0.2, 0) is 4.74 Å². The number of carbonyl (C=O) groups is 1. The summed E-state index contributed by atoms with van der Waals surface area (Å²) in [6.45, 7) is 7.52. The molecule has 0 unspecified atom stereocenters. The first-order valence-corrected chi connectivity index (χ1v) is 9.92. The van der Waals surface area contributed by atoms with Gasteiger partial charge in [-0.15, -0.1) is 11.8 Å². The lowest BCUT2D eigenvalue weighted by Crippen LogP contribution is -2.58. The second-order valence-corrected chi connectivity index (χ2v) is 7.07. The molecule has 0 aliphatic carbocycles. The Kier molecular flexibility index (Phi) is 7.12. The molecule has 0 atom stereocenters. The second kappa shape index (κ2) is 8.86. The highest BCUT2D eigenvalue weighted by Gasteiger charge is 2.43. The van der Waals surface area contributed by atoms with Gasteiger partial charge in [-0.3, -0.25) is 9.69 Å². The largest absolute Gasteiger partial charge is 0.379 e. The van der Waals surface area contributed by atoms with E-state index in [9.17, 15) is 4.79 Å². The van der Waals surface area contributed by atoms with Crippen molar-refractivity contribution in [2.24, 2.45) is 0 Å². The molecule has 1 aliphatic rings. The minimum Gasteiger partial charge on any atom is -0.379 e. The van der Waals surface area contributed by atoms with E-state index in [4.69, 9.17) is 4.74 Å². The number of rotatable bonds is 8. The summed E-state index contributed by atoms with van der Waals surface area (Å²) in [5.41, 5.74) is 0.477. The Labute approximate surface area is 144 Å². The zero-order chi connectivity index (χ0) is 16.7. The van der Waals surface area contributed by atoms with Gasteiger partial charge in [-0.1, -0.05) is 38.8 Å². The molecule has 0 bridgehead atoms. The standard InChI is InChI=1S/C19H29NO2S/c1-4-10-19(11-5-2,20-12-14-22-15-13-20)18(21)16-6-8-17(23-3)9-7-16/h6-9H,4-5,10-15H2,1-3H3. The second-order valence-electron chi connectivity index (χ2n) is 6.19. The predicted octanol–water partition coefficient (Wildman–Crippen LogP) is 4.26. The molecule has 23 heavy (non-hydrogen) atoms. The van der Waals surface area contributed by atoms with Gasteiger partial charge in [0.15, 0.2) is 5.78 Å². The molecular weight excluding hydrogens is 306 g/mol. The van der Waals surface area contributed by atoms with Gasteiger partial charge < -0.3 is 4.74 Å². The van der Waals surface area contributed by atoms with E-state index in [1.165, 1.54) is 4.90 Å². The van der Waals surface area contributed by atoms with Crippen LogP contribution in [0.15, 0.2) is 29.2 Å². The van der Waals surface area contributed by atoms with Gasteiger partial charge >= 0.3 is 0 Å². The first-order chi connectivity index (χ1) is 11.2. The van der Waals surface area contributed by atoms with Crippen molar-refractivity contribution in [3.05, 3.63) is 29.8 Å². The summed E-state index contributed by atoms with van der Waals surface area (Å²) in [5.74, 6) is 0.288. The molecule has 1 aromatic rings. The lowest BCUT2D eigenvalue weighted by molar-refractivity contribution is -0.0209. The molecule has 1 fully saturated rings. The van der Waals surface area contributed by atoms with Crippen LogP contribution >= 0.6 is 11.8 Å². The fourth-order valence-corrected chi connectivity index (χ4v) is 4.05. The van der Waals surface area contributed by atoms with Crippen LogP contribution in [0.3, 0.4) is 0 Å². The van der Waals surface area contributed by atoms with E-state index in [0.29, 0.717) is 0 Å². The summed E-state index contributed by atoms with van der Waals surface area (Å²) in [7, 11) is 0. The van der Waals surface area contributed by atoms with E-state index < -0.39 is 0 Å². The van der Waals surface area contributed by atoms with Gasteiger partial charge in [-0.05, 0) is 31.2 Å². The molecule has 1 saturated heterocycles. The SMILES string of the molecule is CCCC(CCC)(C(=O)c1ccc(SC)cc1)N1CCOCC1. The normalized spacial score (nSPS) is 16.5. The quantitative estimate of drug-likeness (QED) is 0.524. The fourth-order valence-electron chi connectivity index (χ4n) is 3.64. The van der Waals surface area contributed by atoms with Gasteiger partial charge in [0.1, 0.15) is 0 Å². The van der Waals surface area contributed by atoms with Crippen LogP contribution in [0.25, 0.3) is 0 Å². The molecule has 0 saturated carbocycles. The number of ketones is 1. The highest BCUT2D eigenvalue weighted by Crippen LogP contribution is 2.32. The number of carbonyl (C=O) groups excluding carboxylic acids is 1. The minimum atomic E-state index is -0.367. The van der Waals surface area contributed by atoms with Crippen LogP contribution in [0.1, 0.15) is 49.9 Å². The van der Waals surface area contributed by atoms with E-state index in [0.717, 1.165) is 57.6 Å². The van der Waals surface area contributed by atoms with Crippen LogP contribution in [0.4, 0.5) is 0 Å². The summed E-state index contributed by atoms with van der Waals surface area (Å²) in [4.78, 5) is 17.0. The molecular formula is C19H29NO2S. The third-order valence-corrected chi connectivity index (χ3v) is 5.46. The van der Waals surface area contributed by atoms with Crippen molar-refractivity contribution in [3.8, 4) is 0 Å². The molecule has 0 N–H and O–H groups in total. The van der Waals surface area contributed by atoms with Gasteiger partial charge in [-0.2, -0.15) is 0 Å². The highest BCUT2D eigenvalue weighted by molar-refractivity contribution is 7.98. The molecule has 1 aromatic carbocycles. The molecule has 1 heterocycles. The molecule has 2 rings (SSSR count). The smallest absolute Gasteiger partial charge is 0.183 e. The van der Waals surface area contributed by atoms with E-state index in [1.54, 1.807) is 11.8 Å². The van der Waals surface area contributed by atoms with Gasteiger partial charge in [-0.25, -0.2) is 0 Å². The van der Waals surface area contributed by atoms with Gasteiger partial charge in [0.25, 0.3) is 0 Å². The van der Waals surface area contributed by atoms with E-state index >= 15 is 0 Å². The zero-order valence-electron chi connectivity index (χ0n) is 14.6. The van der Waals surface area contributed by atoms with E-state index in [1.807, 2.05) is 12.1 Å². The van der Waals surface area contributed by atoms with Crippen molar-refractivity contribution in [2.45, 2.75) is 50.0 Å². The van der Waals surface area contributed by atoms with Crippen LogP contribution in [0, 0.1) is 0 Å². The topological polar surface area (TPSA) is 29.5 Å². The molecule has 0 spiro atoms. The zero-order valence-corrected chi connectivity index (χ0v) is 15.5. The van der Waals surface area contributed by atoms with Crippen LogP contribution in [0.2, 0.25) is 0 Å². The Morgan fingerprint density at radius 1 is 1.13 bits per heavy atom. The first kappa shape index (κ1) is 18.5. The monoisotopic (exact) mass is 335 g/mol. The van der Waals surface area contributed by atoms with Crippen molar-refractivity contribution in [1.29, 1.82) is 0 Å². The van der Waals surface area contributed by atoms with Crippen LogP contribution < -0.4 is 0 Å². The Bertz CT molecular complexity index is 489. The summed E-state index contributed by atoms with van der Waals surface area (Å²) >= 11 is 1.71. The third-order valence-electron chi connectivity index (χ3n) is 4.72. The number of hydrogen-bond acceptors (Lipinski definition) is 4. The van der Waals surface area contributed by atoms with E-state index in [-0.39, 0.29) is 11.3 Å². The maximum atomic E-state index is 13.5. The number of benzene rings is 1. The van der Waals surface area contributed by atoms with Gasteiger partial charge in [0.2, 0.25) is 0 Å². The summed E-state index contributed by atoms with van der Waals surface area (Å²) < 4.78 is 5.51. The van der Waals surface area contributed by atoms with Crippen molar-refractivity contribution in [3.63, 3.8) is 0 Å². The Hall–Kier alpha value is -0.840. The lowest BCUT2D eigenvalue weighted by Gasteiger charge is -2.45. The molecule has 0 amide bonds. The molecule has 128 valence electrons. The van der Waals surface area contributed by atoms with Crippen molar-refractivity contribution in [2.75, 3.05) is 32.6 Å². The molecule has 0 radical (unpaired) electrons. The summed E-state index contributed by atoms with van der Waals surface area (Å²) in [6, 6.07) is 8.10. The number of hydrogen-bond donors (Lipinski definition) is 0. The lowest BCUT2D eigenvalue weighted by atomic mass is 9.79. The summed E-state index contributed by atoms with van der Waals surface area (Å²) in [6.07, 6.45) is 5.94. The molecule has 0 aromatic heterocycles. The molecule has 3 nitrogen and oxygen atoms in total. The number of Topliss-reactive ketones (excluding diaryl/α,β-unsaturated/α-hetero) is 1. The van der Waals surface area contributed by atoms with Crippen molar-refractivity contribution < 1.29 is 9.53 Å². The average molecular weight is 336 g/mol. The minimum absolute atomic E-state index is 0.288. The average Bonchev–Trinajstić information content (AvgIpc) is 2.61. The van der Waals surface area contributed by atoms with Crippen LogP contribution in [0.5, 0.6) is 0 Å². The first-order valence-electron chi connectivity index (χ1n) is 8.69. The van der Waals surface area contributed by atoms with Crippen molar-refractivity contribution >= 4 is 17.5 Å². The Morgan fingerprint density at radius 2 is 1.70 bits per heavy atom. The number of morpholine rings is 1. The number of ether oxygens (including phenoxy) is 1. The number of nitrogens with zero attached hydrogens (tertiary/aromatic N) is 1. The Morgan fingerprint density at radius 3 is 2.17 bits per heavy atom. The van der Waals surface area contributed by atoms with Crippen molar-refractivity contribution in [1.82, 2.24) is 4.90 Å². The highest BCUT2D eigenvalue weighted by atomic mass is 32.2. The molecule has 4 heteroatoms. The molecule has 1 aliphatic heterocycles.